The quantitative estimate of drug-likeness (QED) is 0.944. The van der Waals surface area contributed by atoms with Crippen molar-refractivity contribution < 1.29 is 18.4 Å². The largest absolute Gasteiger partial charge is 0.344 e. The maximum absolute atomic E-state index is 13.1. The number of carbonyl (C=O) groups excluding carboxylic acids is 2. The number of aryl methyl sites for hydroxylation is 1. The number of halogens is 2. The minimum absolute atomic E-state index is 0.0350. The Hall–Kier alpha value is -2.35. The molecule has 0 unspecified atom stereocenters. The molecule has 8 heteroatoms. The summed E-state index contributed by atoms with van der Waals surface area (Å²) >= 11 is 1.02. The summed E-state index contributed by atoms with van der Waals surface area (Å²) in [5, 5.41) is 2.69. The van der Waals surface area contributed by atoms with Crippen LogP contribution in [0.5, 0.6) is 0 Å². The number of amides is 2. The highest BCUT2D eigenvalue weighted by Gasteiger charge is 2.18. The van der Waals surface area contributed by atoms with Gasteiger partial charge in [-0.2, -0.15) is 0 Å². The van der Waals surface area contributed by atoms with Crippen LogP contribution in [0.3, 0.4) is 0 Å². The molecule has 0 radical (unpaired) electrons. The van der Waals surface area contributed by atoms with E-state index in [1.54, 1.807) is 21.0 Å². The Morgan fingerprint density at radius 3 is 2.50 bits per heavy atom. The zero-order valence-electron chi connectivity index (χ0n) is 12.1. The monoisotopic (exact) mass is 325 g/mol. The summed E-state index contributed by atoms with van der Waals surface area (Å²) in [4.78, 5) is 29.8. The van der Waals surface area contributed by atoms with Gasteiger partial charge in [0.05, 0.1) is 5.69 Å². The van der Waals surface area contributed by atoms with Crippen LogP contribution in [0.25, 0.3) is 0 Å². The van der Waals surface area contributed by atoms with Gasteiger partial charge in [0.15, 0.2) is 16.8 Å². The topological polar surface area (TPSA) is 62.3 Å². The minimum Gasteiger partial charge on any atom is -0.344 e. The van der Waals surface area contributed by atoms with E-state index in [-0.39, 0.29) is 16.6 Å². The third-order valence-electron chi connectivity index (χ3n) is 2.80. The first-order valence-electron chi connectivity index (χ1n) is 6.25. The lowest BCUT2D eigenvalue weighted by atomic mass is 10.2. The van der Waals surface area contributed by atoms with Gasteiger partial charge in [-0.05, 0) is 25.1 Å². The van der Waals surface area contributed by atoms with Crippen molar-refractivity contribution in [3.8, 4) is 0 Å². The summed E-state index contributed by atoms with van der Waals surface area (Å²) in [5.41, 5.74) is 0.455. The Morgan fingerprint density at radius 1 is 1.23 bits per heavy atom. The second kappa shape index (κ2) is 6.18. The summed E-state index contributed by atoms with van der Waals surface area (Å²) in [5.74, 6) is -2.98. The average Bonchev–Trinajstić information content (AvgIpc) is 2.81. The van der Waals surface area contributed by atoms with Crippen molar-refractivity contribution >= 4 is 28.3 Å². The van der Waals surface area contributed by atoms with Crippen molar-refractivity contribution in [1.82, 2.24) is 9.88 Å². The number of thiazole rings is 1. The van der Waals surface area contributed by atoms with Gasteiger partial charge in [0.25, 0.3) is 11.8 Å². The summed E-state index contributed by atoms with van der Waals surface area (Å²) < 4.78 is 26.0. The zero-order valence-corrected chi connectivity index (χ0v) is 12.9. The van der Waals surface area contributed by atoms with E-state index in [0.717, 1.165) is 23.5 Å². The number of nitrogens with zero attached hydrogens (tertiary/aromatic N) is 2. The van der Waals surface area contributed by atoms with E-state index in [1.807, 2.05) is 0 Å². The van der Waals surface area contributed by atoms with Crippen molar-refractivity contribution in [3.63, 3.8) is 0 Å². The molecule has 5 nitrogen and oxygen atoms in total. The molecule has 1 aromatic carbocycles. The van der Waals surface area contributed by atoms with Crippen molar-refractivity contribution in [2.45, 2.75) is 6.92 Å². The molecule has 0 aliphatic rings. The van der Waals surface area contributed by atoms with Crippen LogP contribution in [0.15, 0.2) is 18.2 Å². The van der Waals surface area contributed by atoms with Crippen molar-refractivity contribution in [3.05, 3.63) is 46.0 Å². The number of aromatic nitrogens is 1. The van der Waals surface area contributed by atoms with Crippen LogP contribution in [0.2, 0.25) is 0 Å². The predicted molar refractivity (Wildman–Crippen MR) is 79.2 cm³/mol. The third-order valence-corrected chi connectivity index (χ3v) is 3.86. The molecule has 116 valence electrons. The Balaban J connectivity index is 2.20. The molecule has 0 atom stereocenters. The highest BCUT2D eigenvalue weighted by molar-refractivity contribution is 7.17. The molecular weight excluding hydrogens is 312 g/mol. The first-order chi connectivity index (χ1) is 10.3. The molecule has 0 spiro atoms. The van der Waals surface area contributed by atoms with E-state index in [1.165, 1.54) is 11.0 Å². The van der Waals surface area contributed by atoms with Gasteiger partial charge in [0.2, 0.25) is 0 Å². The lowest BCUT2D eigenvalue weighted by Crippen LogP contribution is -2.21. The smallest absolute Gasteiger partial charge is 0.265 e. The summed E-state index contributed by atoms with van der Waals surface area (Å²) in [6, 6.07) is 2.84. The molecule has 0 saturated carbocycles. The molecule has 1 N–H and O–H groups in total. The van der Waals surface area contributed by atoms with Gasteiger partial charge < -0.3 is 4.90 Å². The molecule has 2 rings (SSSR count). The molecule has 1 aromatic heterocycles. The van der Waals surface area contributed by atoms with Gasteiger partial charge in [0, 0.05) is 19.7 Å². The normalized spacial score (nSPS) is 10.4. The number of nitrogens with one attached hydrogen (secondary N) is 1. The van der Waals surface area contributed by atoms with Gasteiger partial charge >= 0.3 is 0 Å². The maximum Gasteiger partial charge on any atom is 0.265 e. The van der Waals surface area contributed by atoms with Crippen LogP contribution >= 0.6 is 11.3 Å². The highest BCUT2D eigenvalue weighted by Crippen LogP contribution is 2.24. The molecule has 2 aromatic rings. The number of carbonyl (C=O) groups is 2. The van der Waals surface area contributed by atoms with Crippen molar-refractivity contribution in [2.24, 2.45) is 0 Å². The fraction of sp³-hybridized carbons (Fsp3) is 0.214. The summed E-state index contributed by atoms with van der Waals surface area (Å²) in [6.45, 7) is 1.65. The van der Waals surface area contributed by atoms with Crippen LogP contribution in [-0.2, 0) is 0 Å². The molecule has 0 aliphatic heterocycles. The van der Waals surface area contributed by atoms with Crippen LogP contribution in [0.4, 0.5) is 13.9 Å². The molecule has 0 fully saturated rings. The van der Waals surface area contributed by atoms with Crippen LogP contribution < -0.4 is 5.32 Å². The summed E-state index contributed by atoms with van der Waals surface area (Å²) in [7, 11) is 3.22. The molecule has 0 saturated heterocycles. The Kier molecular flexibility index (Phi) is 4.51. The first-order valence-corrected chi connectivity index (χ1v) is 7.06. The third kappa shape index (κ3) is 3.28. The predicted octanol–water partition coefficient (Wildman–Crippen LogP) is 2.68. The molecule has 0 bridgehead atoms. The molecule has 22 heavy (non-hydrogen) atoms. The number of hydrogen-bond donors (Lipinski definition) is 1. The van der Waals surface area contributed by atoms with Gasteiger partial charge in [-0.25, -0.2) is 13.8 Å². The fourth-order valence-electron chi connectivity index (χ4n) is 1.66. The lowest BCUT2D eigenvalue weighted by molar-refractivity contribution is 0.0831. The van der Waals surface area contributed by atoms with Gasteiger partial charge in [-0.1, -0.05) is 11.3 Å². The first kappa shape index (κ1) is 16.0. The van der Waals surface area contributed by atoms with Crippen LogP contribution in [0, 0.1) is 18.6 Å². The maximum atomic E-state index is 13.1. The van der Waals surface area contributed by atoms with E-state index < -0.39 is 17.5 Å². The number of anilines is 1. The molecule has 1 heterocycles. The van der Waals surface area contributed by atoms with E-state index >= 15 is 0 Å². The lowest BCUT2D eigenvalue weighted by Gasteiger charge is -2.07. The Labute approximate surface area is 129 Å². The second-order valence-electron chi connectivity index (χ2n) is 4.72. The second-order valence-corrected chi connectivity index (χ2v) is 5.72. The van der Waals surface area contributed by atoms with Crippen molar-refractivity contribution in [1.29, 1.82) is 0 Å². The van der Waals surface area contributed by atoms with Gasteiger partial charge in [-0.3, -0.25) is 14.9 Å². The number of rotatable bonds is 3. The zero-order chi connectivity index (χ0) is 16.4. The minimum atomic E-state index is -1.11. The van der Waals surface area contributed by atoms with E-state index in [2.05, 4.69) is 10.3 Å². The van der Waals surface area contributed by atoms with Crippen LogP contribution in [0.1, 0.15) is 25.7 Å². The SMILES string of the molecule is Cc1nc(NC(=O)c2ccc(F)c(F)c2)sc1C(=O)N(C)C. The van der Waals surface area contributed by atoms with E-state index in [4.69, 9.17) is 0 Å². The number of hydrogen-bond acceptors (Lipinski definition) is 4. The number of benzene rings is 1. The van der Waals surface area contributed by atoms with E-state index in [0.29, 0.717) is 10.6 Å². The van der Waals surface area contributed by atoms with Gasteiger partial charge in [0.1, 0.15) is 4.88 Å². The average molecular weight is 325 g/mol. The molecular formula is C14H13F2N3O2S. The molecule has 2 amide bonds. The standard InChI is InChI=1S/C14H13F2N3O2S/c1-7-11(13(21)19(2)3)22-14(17-7)18-12(20)8-4-5-9(15)10(16)6-8/h4-6H,1-3H3,(H,17,18,20). The highest BCUT2D eigenvalue weighted by atomic mass is 32.1. The van der Waals surface area contributed by atoms with Crippen LogP contribution in [-0.4, -0.2) is 35.8 Å². The summed E-state index contributed by atoms with van der Waals surface area (Å²) in [6.07, 6.45) is 0. The molecule has 0 aliphatic carbocycles. The Bertz CT molecular complexity index is 744. The fourth-order valence-corrected chi connectivity index (χ4v) is 2.64. The van der Waals surface area contributed by atoms with Crippen molar-refractivity contribution in [2.75, 3.05) is 19.4 Å². The van der Waals surface area contributed by atoms with Gasteiger partial charge in [-0.15, -0.1) is 0 Å². The Morgan fingerprint density at radius 2 is 1.91 bits per heavy atom. The van der Waals surface area contributed by atoms with E-state index in [9.17, 15) is 18.4 Å².